The number of nitro groups is 2. The first-order chi connectivity index (χ1) is 12.6. The summed E-state index contributed by atoms with van der Waals surface area (Å²) in [6, 6.07) is 1.94. The summed E-state index contributed by atoms with van der Waals surface area (Å²) < 4.78 is 0. The molecule has 0 saturated heterocycles. The Bertz CT molecular complexity index is 710. The molecule has 10 nitrogen and oxygen atoms in total. The molecule has 1 N–H and O–H groups in total. The molecular weight excluding hydrogens is 401 g/mol. The second kappa shape index (κ2) is 10.2. The Morgan fingerprint density at radius 1 is 1.11 bits per heavy atom. The Kier molecular flexibility index (Phi) is 8.67. The summed E-state index contributed by atoms with van der Waals surface area (Å²) in [4.78, 5) is 37.1. The van der Waals surface area contributed by atoms with Crippen LogP contribution in [0.25, 0.3) is 0 Å². The van der Waals surface area contributed by atoms with Gasteiger partial charge in [-0.1, -0.05) is 0 Å². The molecule has 1 amide bonds. The normalized spacial score (nSPS) is 11.9. The summed E-state index contributed by atoms with van der Waals surface area (Å²) >= 11 is 11.5. The van der Waals surface area contributed by atoms with Crippen LogP contribution in [0.2, 0.25) is 0 Å². The number of nitro benzene ring substituents is 2. The summed E-state index contributed by atoms with van der Waals surface area (Å²) in [5, 5.41) is 25.4. The second-order valence-corrected chi connectivity index (χ2v) is 6.61. The van der Waals surface area contributed by atoms with Gasteiger partial charge in [-0.05, 0) is 27.1 Å². The first-order valence-corrected chi connectivity index (χ1v) is 9.01. The molecule has 150 valence electrons. The molecule has 27 heavy (non-hydrogen) atoms. The molecule has 0 aliphatic heterocycles. The van der Waals surface area contributed by atoms with E-state index in [2.05, 4.69) is 5.32 Å². The van der Waals surface area contributed by atoms with E-state index in [4.69, 9.17) is 23.2 Å². The molecule has 0 saturated carbocycles. The van der Waals surface area contributed by atoms with Crippen LogP contribution in [0.15, 0.2) is 12.1 Å². The molecule has 0 aromatic heterocycles. The minimum absolute atomic E-state index is 0.0505. The molecule has 1 aromatic rings. The lowest BCUT2D eigenvalue weighted by atomic mass is 10.1. The molecule has 0 heterocycles. The topological polar surface area (TPSA) is 122 Å². The number of benzene rings is 1. The minimum Gasteiger partial charge on any atom is -0.364 e. The predicted molar refractivity (Wildman–Crippen MR) is 104 cm³/mol. The lowest BCUT2D eigenvalue weighted by Gasteiger charge is -2.24. The monoisotopic (exact) mass is 421 g/mol. The van der Waals surface area contributed by atoms with Crippen molar-refractivity contribution in [2.45, 2.75) is 13.1 Å². The van der Waals surface area contributed by atoms with E-state index in [1.165, 1.54) is 4.90 Å². The van der Waals surface area contributed by atoms with E-state index in [-0.39, 0.29) is 36.1 Å². The predicted octanol–water partition coefficient (Wildman–Crippen LogP) is 2.42. The Balaban J connectivity index is 3.56. The molecule has 12 heteroatoms. The summed E-state index contributed by atoms with van der Waals surface area (Å²) in [5.41, 5.74) is -1.36. The molecule has 0 fully saturated rings. The van der Waals surface area contributed by atoms with Crippen molar-refractivity contribution in [2.24, 2.45) is 0 Å². The number of carbonyl (C=O) groups excluding carboxylic acids is 1. The maximum absolute atomic E-state index is 12.6. The van der Waals surface area contributed by atoms with Gasteiger partial charge >= 0.3 is 0 Å². The lowest BCUT2D eigenvalue weighted by molar-refractivity contribution is -0.393. The van der Waals surface area contributed by atoms with Crippen molar-refractivity contribution in [3.8, 4) is 0 Å². The number of carbonyl (C=O) groups is 1. The smallest absolute Gasteiger partial charge is 0.299 e. The molecule has 0 radical (unpaired) electrons. The third kappa shape index (κ3) is 5.91. The molecule has 0 spiro atoms. The van der Waals surface area contributed by atoms with Crippen molar-refractivity contribution in [1.29, 1.82) is 0 Å². The number of alkyl halides is 2. The number of anilines is 1. The van der Waals surface area contributed by atoms with E-state index >= 15 is 0 Å². The number of hydrogen-bond acceptors (Lipinski definition) is 7. The van der Waals surface area contributed by atoms with E-state index in [1.54, 1.807) is 25.9 Å². The number of hydrogen-bond donors (Lipinski definition) is 1. The van der Waals surface area contributed by atoms with Crippen molar-refractivity contribution in [2.75, 3.05) is 43.8 Å². The zero-order chi connectivity index (χ0) is 20.7. The van der Waals surface area contributed by atoms with Crippen LogP contribution in [-0.2, 0) is 0 Å². The van der Waals surface area contributed by atoms with Gasteiger partial charge in [0.2, 0.25) is 0 Å². The number of halogens is 2. The fraction of sp³-hybridized carbons (Fsp3) is 0.533. The van der Waals surface area contributed by atoms with Crippen molar-refractivity contribution < 1.29 is 14.6 Å². The van der Waals surface area contributed by atoms with Crippen LogP contribution in [0.1, 0.15) is 17.3 Å². The van der Waals surface area contributed by atoms with Gasteiger partial charge in [-0.25, -0.2) is 0 Å². The maximum Gasteiger partial charge on any atom is 0.299 e. The molecular formula is C15H21Cl2N5O5. The van der Waals surface area contributed by atoms with Gasteiger partial charge in [0.05, 0.1) is 22.1 Å². The van der Waals surface area contributed by atoms with E-state index in [1.807, 2.05) is 0 Å². The zero-order valence-corrected chi connectivity index (χ0v) is 16.7. The minimum atomic E-state index is -0.820. The van der Waals surface area contributed by atoms with Gasteiger partial charge in [0.1, 0.15) is 11.3 Å². The quantitative estimate of drug-likeness (QED) is 0.266. The standard InChI is InChI=1S/C15H21Cl2N5O5/c1-10(19(2)3)18-15(23)11-8-13(20(6-4-16)7-5-17)14(22(26)27)9-12(11)21(24)25/h8-10H,4-7H2,1-3H3,(H,18,23). The largest absolute Gasteiger partial charge is 0.364 e. The third-order valence-corrected chi connectivity index (χ3v) is 4.23. The number of rotatable bonds is 10. The summed E-state index contributed by atoms with van der Waals surface area (Å²) in [7, 11) is 3.45. The fourth-order valence-electron chi connectivity index (χ4n) is 2.25. The van der Waals surface area contributed by atoms with Crippen LogP contribution in [0, 0.1) is 20.2 Å². The first-order valence-electron chi connectivity index (χ1n) is 7.95. The highest BCUT2D eigenvalue weighted by Crippen LogP contribution is 2.35. The molecule has 0 aliphatic rings. The molecule has 1 atom stereocenters. The highest BCUT2D eigenvalue weighted by molar-refractivity contribution is 6.18. The molecule has 1 aromatic carbocycles. The van der Waals surface area contributed by atoms with Gasteiger partial charge in [0.25, 0.3) is 17.3 Å². The maximum atomic E-state index is 12.6. The van der Waals surface area contributed by atoms with E-state index in [0.717, 1.165) is 12.1 Å². The highest BCUT2D eigenvalue weighted by Gasteiger charge is 2.30. The van der Waals surface area contributed by atoms with Gasteiger partial charge in [-0.3, -0.25) is 29.9 Å². The van der Waals surface area contributed by atoms with Gasteiger partial charge in [0, 0.05) is 24.8 Å². The SMILES string of the molecule is CC(NC(=O)c1cc(N(CCCl)CCCl)c([N+](=O)[O-])cc1[N+](=O)[O-])N(C)C. The third-order valence-electron chi connectivity index (χ3n) is 3.90. The Labute approximate surface area is 166 Å². The molecule has 1 rings (SSSR count). The van der Waals surface area contributed by atoms with E-state index in [0.29, 0.717) is 0 Å². The highest BCUT2D eigenvalue weighted by atomic mass is 35.5. The fourth-order valence-corrected chi connectivity index (χ4v) is 2.66. The summed E-state index contributed by atoms with van der Waals surface area (Å²) in [5.74, 6) is -0.398. The number of nitrogens with zero attached hydrogens (tertiary/aromatic N) is 4. The van der Waals surface area contributed by atoms with E-state index < -0.39 is 33.3 Å². The van der Waals surface area contributed by atoms with Gasteiger partial charge in [0.15, 0.2) is 0 Å². The number of nitrogens with one attached hydrogen (secondary N) is 1. The Morgan fingerprint density at radius 3 is 2.04 bits per heavy atom. The average molecular weight is 422 g/mol. The molecule has 0 aliphatic carbocycles. The average Bonchev–Trinajstić information content (AvgIpc) is 2.59. The van der Waals surface area contributed by atoms with Crippen LogP contribution in [0.3, 0.4) is 0 Å². The summed E-state index contributed by atoms with van der Waals surface area (Å²) in [6.45, 7) is 2.15. The van der Waals surface area contributed by atoms with Crippen molar-refractivity contribution in [3.63, 3.8) is 0 Å². The Morgan fingerprint density at radius 2 is 1.63 bits per heavy atom. The van der Waals surface area contributed by atoms with Gasteiger partial charge in [-0.15, -0.1) is 23.2 Å². The molecule has 0 bridgehead atoms. The van der Waals surface area contributed by atoms with Crippen LogP contribution >= 0.6 is 23.2 Å². The van der Waals surface area contributed by atoms with Crippen molar-refractivity contribution >= 4 is 46.2 Å². The van der Waals surface area contributed by atoms with Crippen LogP contribution in [-0.4, -0.2) is 65.8 Å². The van der Waals surface area contributed by atoms with Gasteiger partial charge < -0.3 is 10.2 Å². The van der Waals surface area contributed by atoms with Crippen LogP contribution in [0.5, 0.6) is 0 Å². The zero-order valence-electron chi connectivity index (χ0n) is 15.1. The molecule has 1 unspecified atom stereocenters. The Hall–Kier alpha value is -2.17. The van der Waals surface area contributed by atoms with Crippen LogP contribution < -0.4 is 10.2 Å². The lowest BCUT2D eigenvalue weighted by Crippen LogP contribution is -2.42. The summed E-state index contributed by atoms with van der Waals surface area (Å²) in [6.07, 6.45) is -0.405. The first kappa shape index (κ1) is 22.9. The van der Waals surface area contributed by atoms with Gasteiger partial charge in [-0.2, -0.15) is 0 Å². The number of amides is 1. The van der Waals surface area contributed by atoms with E-state index in [9.17, 15) is 25.0 Å². The second-order valence-electron chi connectivity index (χ2n) is 5.85. The van der Waals surface area contributed by atoms with Crippen molar-refractivity contribution in [3.05, 3.63) is 37.9 Å². The van der Waals surface area contributed by atoms with Crippen molar-refractivity contribution in [1.82, 2.24) is 10.2 Å². The van der Waals surface area contributed by atoms with Crippen LogP contribution in [0.4, 0.5) is 17.1 Å².